The first-order chi connectivity index (χ1) is 9.87. The Bertz CT molecular complexity index is 683. The molecule has 6 nitrogen and oxygen atoms in total. The molecule has 1 aromatic carbocycles. The van der Waals surface area contributed by atoms with E-state index in [2.05, 4.69) is 15.4 Å². The van der Waals surface area contributed by atoms with E-state index in [1.807, 2.05) is 17.5 Å². The molecule has 1 aliphatic heterocycles. The quantitative estimate of drug-likeness (QED) is 0.800. The van der Waals surface area contributed by atoms with E-state index in [1.165, 1.54) is 25.1 Å². The molecule has 2 rings (SSSR count). The summed E-state index contributed by atoms with van der Waals surface area (Å²) >= 11 is 1.48. The standard InChI is InChI=1S/C13H16N2O4S2/c1-19-13(16)6-10-7-20-12-5-9(3-4-11(12)15-10)14-8-21(2,17)18/h3-5,7,14-15H,6,8H2,1-2H3. The van der Waals surface area contributed by atoms with Crippen LogP contribution < -0.4 is 10.6 Å². The second-order valence-electron chi connectivity index (χ2n) is 4.60. The average molecular weight is 328 g/mol. The van der Waals surface area contributed by atoms with E-state index in [0.717, 1.165) is 22.0 Å². The molecule has 0 fully saturated rings. The van der Waals surface area contributed by atoms with Crippen molar-refractivity contribution in [3.8, 4) is 0 Å². The number of sulfone groups is 1. The largest absolute Gasteiger partial charge is 0.469 e. The van der Waals surface area contributed by atoms with Gasteiger partial charge in [-0.2, -0.15) is 0 Å². The molecule has 0 bridgehead atoms. The predicted octanol–water partition coefficient (Wildman–Crippen LogP) is 2.02. The lowest BCUT2D eigenvalue weighted by Gasteiger charge is -2.19. The molecule has 0 aromatic heterocycles. The van der Waals surface area contributed by atoms with E-state index in [1.54, 1.807) is 6.07 Å². The summed E-state index contributed by atoms with van der Waals surface area (Å²) in [5, 5.41) is 7.87. The van der Waals surface area contributed by atoms with Gasteiger partial charge in [-0.3, -0.25) is 4.79 Å². The van der Waals surface area contributed by atoms with Gasteiger partial charge in [-0.15, -0.1) is 0 Å². The molecule has 0 saturated heterocycles. The SMILES string of the molecule is COC(=O)CC1=CSc2cc(NCS(C)(=O)=O)ccc2N1. The Labute approximate surface area is 127 Å². The molecule has 0 saturated carbocycles. The van der Waals surface area contributed by atoms with Crippen LogP contribution in [-0.2, 0) is 19.4 Å². The summed E-state index contributed by atoms with van der Waals surface area (Å²) in [6.07, 6.45) is 1.37. The molecule has 21 heavy (non-hydrogen) atoms. The number of carbonyl (C=O) groups excluding carboxylic acids is 1. The van der Waals surface area contributed by atoms with Crippen molar-refractivity contribution in [2.75, 3.05) is 29.9 Å². The van der Waals surface area contributed by atoms with Crippen molar-refractivity contribution in [3.63, 3.8) is 0 Å². The van der Waals surface area contributed by atoms with Crippen LogP contribution in [0.1, 0.15) is 6.42 Å². The Morgan fingerprint density at radius 1 is 1.43 bits per heavy atom. The fourth-order valence-electron chi connectivity index (χ4n) is 1.70. The molecule has 0 aliphatic carbocycles. The minimum Gasteiger partial charge on any atom is -0.469 e. The van der Waals surface area contributed by atoms with Crippen LogP contribution in [0.4, 0.5) is 11.4 Å². The maximum atomic E-state index is 11.2. The van der Waals surface area contributed by atoms with Gasteiger partial charge < -0.3 is 15.4 Å². The number of methoxy groups -OCH3 is 1. The summed E-state index contributed by atoms with van der Waals surface area (Å²) < 4.78 is 26.9. The minimum atomic E-state index is -3.07. The van der Waals surface area contributed by atoms with Crippen LogP contribution in [0, 0.1) is 0 Å². The smallest absolute Gasteiger partial charge is 0.311 e. The number of nitrogens with one attached hydrogen (secondary N) is 2. The maximum Gasteiger partial charge on any atom is 0.311 e. The maximum absolute atomic E-state index is 11.2. The summed E-state index contributed by atoms with van der Waals surface area (Å²) in [7, 11) is -1.71. The predicted molar refractivity (Wildman–Crippen MR) is 84.0 cm³/mol. The highest BCUT2D eigenvalue weighted by Crippen LogP contribution is 2.36. The van der Waals surface area contributed by atoms with Gasteiger partial charge >= 0.3 is 5.97 Å². The lowest BCUT2D eigenvalue weighted by atomic mass is 10.2. The molecule has 2 N–H and O–H groups in total. The van der Waals surface area contributed by atoms with Crippen LogP contribution in [0.3, 0.4) is 0 Å². The lowest BCUT2D eigenvalue weighted by Crippen LogP contribution is -2.13. The van der Waals surface area contributed by atoms with Crippen LogP contribution >= 0.6 is 11.8 Å². The summed E-state index contributed by atoms with van der Waals surface area (Å²) in [4.78, 5) is 12.2. The Balaban J connectivity index is 2.05. The van der Waals surface area contributed by atoms with E-state index < -0.39 is 9.84 Å². The summed E-state index contributed by atoms with van der Waals surface area (Å²) in [5.74, 6) is -0.405. The molecule has 1 aliphatic rings. The molecule has 0 spiro atoms. The van der Waals surface area contributed by atoms with E-state index in [9.17, 15) is 13.2 Å². The third-order valence-corrected chi connectivity index (χ3v) is 4.37. The van der Waals surface area contributed by atoms with Gasteiger partial charge in [0.15, 0.2) is 9.84 Å². The summed E-state index contributed by atoms with van der Waals surface area (Å²) in [5.41, 5.74) is 2.39. The highest BCUT2D eigenvalue weighted by atomic mass is 32.2. The van der Waals surface area contributed by atoms with Gasteiger partial charge in [0, 0.05) is 22.5 Å². The molecular weight excluding hydrogens is 312 g/mol. The van der Waals surface area contributed by atoms with Gasteiger partial charge in [0.05, 0.1) is 19.2 Å². The highest BCUT2D eigenvalue weighted by molar-refractivity contribution is 8.02. The fourth-order valence-corrected chi connectivity index (χ4v) is 2.98. The van der Waals surface area contributed by atoms with Gasteiger partial charge in [0.2, 0.25) is 0 Å². The molecular formula is C13H16N2O4S2. The molecule has 0 unspecified atom stereocenters. The monoisotopic (exact) mass is 328 g/mol. The van der Waals surface area contributed by atoms with Crippen molar-refractivity contribution in [2.45, 2.75) is 11.3 Å². The number of hydrogen-bond acceptors (Lipinski definition) is 7. The normalized spacial score (nSPS) is 13.7. The Hall–Kier alpha value is -1.67. The third kappa shape index (κ3) is 4.68. The van der Waals surface area contributed by atoms with Crippen LogP contribution in [0.5, 0.6) is 0 Å². The number of rotatable bonds is 5. The molecule has 0 amide bonds. The molecule has 1 aromatic rings. The van der Waals surface area contributed by atoms with Gasteiger partial charge in [0.25, 0.3) is 0 Å². The first kappa shape index (κ1) is 15.7. The number of hydrogen-bond donors (Lipinski definition) is 2. The first-order valence-electron chi connectivity index (χ1n) is 6.12. The zero-order chi connectivity index (χ0) is 15.5. The molecule has 1 heterocycles. The molecule has 0 radical (unpaired) electrons. The number of anilines is 2. The van der Waals surface area contributed by atoms with Crippen LogP contribution in [0.2, 0.25) is 0 Å². The van der Waals surface area contributed by atoms with Gasteiger partial charge in [0.1, 0.15) is 5.88 Å². The van der Waals surface area contributed by atoms with Crippen molar-refractivity contribution in [3.05, 3.63) is 29.3 Å². The topological polar surface area (TPSA) is 84.5 Å². The summed E-state index contributed by atoms with van der Waals surface area (Å²) in [6, 6.07) is 5.50. The number of fused-ring (bicyclic) bond motifs is 1. The van der Waals surface area contributed by atoms with Crippen LogP contribution in [0.15, 0.2) is 34.2 Å². The number of benzene rings is 1. The lowest BCUT2D eigenvalue weighted by molar-refractivity contribution is -0.139. The van der Waals surface area contributed by atoms with Crippen molar-refractivity contribution in [2.24, 2.45) is 0 Å². The number of thioether (sulfide) groups is 1. The van der Waals surface area contributed by atoms with E-state index >= 15 is 0 Å². The second-order valence-corrected chi connectivity index (χ2v) is 7.65. The van der Waals surface area contributed by atoms with E-state index in [4.69, 9.17) is 0 Å². The second kappa shape index (κ2) is 6.40. The van der Waals surface area contributed by atoms with Gasteiger partial charge in [-0.05, 0) is 23.6 Å². The Morgan fingerprint density at radius 2 is 2.19 bits per heavy atom. The van der Waals surface area contributed by atoms with Crippen molar-refractivity contribution in [1.29, 1.82) is 0 Å². The zero-order valence-electron chi connectivity index (χ0n) is 11.7. The zero-order valence-corrected chi connectivity index (χ0v) is 13.3. The van der Waals surface area contributed by atoms with Crippen LogP contribution in [0.25, 0.3) is 0 Å². The summed E-state index contributed by atoms with van der Waals surface area (Å²) in [6.45, 7) is 0. The number of ether oxygens (including phenoxy) is 1. The number of carbonyl (C=O) groups is 1. The van der Waals surface area contributed by atoms with Crippen LogP contribution in [-0.4, -0.2) is 33.6 Å². The van der Waals surface area contributed by atoms with Gasteiger partial charge in [-0.1, -0.05) is 11.8 Å². The molecule has 8 heteroatoms. The Morgan fingerprint density at radius 3 is 2.86 bits per heavy atom. The average Bonchev–Trinajstić information content (AvgIpc) is 2.44. The van der Waals surface area contributed by atoms with E-state index in [-0.39, 0.29) is 18.3 Å². The molecule has 0 atom stereocenters. The minimum absolute atomic E-state index is 0.104. The first-order valence-corrected chi connectivity index (χ1v) is 9.06. The van der Waals surface area contributed by atoms with Crippen molar-refractivity contribution < 1.29 is 17.9 Å². The Kier molecular flexibility index (Phi) is 4.79. The molecule has 114 valence electrons. The van der Waals surface area contributed by atoms with Crippen molar-refractivity contribution >= 4 is 38.9 Å². The fraction of sp³-hybridized carbons (Fsp3) is 0.308. The van der Waals surface area contributed by atoms with E-state index in [0.29, 0.717) is 0 Å². The third-order valence-electron chi connectivity index (χ3n) is 2.71. The van der Waals surface area contributed by atoms with Crippen molar-refractivity contribution in [1.82, 2.24) is 0 Å². The highest BCUT2D eigenvalue weighted by Gasteiger charge is 2.14. The van der Waals surface area contributed by atoms with Gasteiger partial charge in [-0.25, -0.2) is 8.42 Å². The number of esters is 1.